The van der Waals surface area contributed by atoms with E-state index in [-0.39, 0.29) is 52.2 Å². The fourth-order valence-corrected chi connectivity index (χ4v) is 8.30. The zero-order chi connectivity index (χ0) is 27.5. The maximum atomic E-state index is 13.5. The highest BCUT2D eigenvalue weighted by atomic mass is 35.5. The van der Waals surface area contributed by atoms with Crippen LogP contribution in [0.5, 0.6) is 0 Å². The van der Waals surface area contributed by atoms with E-state index in [1.807, 2.05) is 0 Å². The second kappa shape index (κ2) is 9.98. The molecule has 4 saturated carbocycles. The molecule has 2 N–H and O–H groups in total. The Labute approximate surface area is 230 Å². The smallest absolute Gasteiger partial charge is 0.393 e. The lowest BCUT2D eigenvalue weighted by Gasteiger charge is -2.58. The normalized spacial score (nSPS) is 34.4. The predicted octanol–water partition coefficient (Wildman–Crippen LogP) is 3.76. The Bertz CT molecular complexity index is 1110. The van der Waals surface area contributed by atoms with E-state index in [0.29, 0.717) is 45.2 Å². The van der Waals surface area contributed by atoms with Gasteiger partial charge >= 0.3 is 12.2 Å². The second-order valence-electron chi connectivity index (χ2n) is 12.3. The van der Waals surface area contributed by atoms with E-state index < -0.39 is 11.7 Å². The molecule has 6 fully saturated rings. The van der Waals surface area contributed by atoms with Crippen LogP contribution in [0.3, 0.4) is 0 Å². The van der Waals surface area contributed by atoms with E-state index in [1.165, 1.54) is 0 Å². The fraction of sp³-hybridized carbons (Fsp3) is 0.741. The van der Waals surface area contributed by atoms with Crippen molar-refractivity contribution in [3.8, 4) is 0 Å². The highest BCUT2D eigenvalue weighted by Crippen LogP contribution is 2.60. The summed E-state index contributed by atoms with van der Waals surface area (Å²) in [7, 11) is 0. The monoisotopic (exact) mass is 569 g/mol. The first kappa shape index (κ1) is 26.9. The van der Waals surface area contributed by atoms with Crippen molar-refractivity contribution in [1.29, 1.82) is 0 Å². The predicted molar refractivity (Wildman–Crippen MR) is 138 cm³/mol. The Morgan fingerprint density at radius 2 is 1.74 bits per heavy atom. The van der Waals surface area contributed by atoms with Crippen molar-refractivity contribution in [1.82, 2.24) is 20.1 Å². The van der Waals surface area contributed by atoms with Gasteiger partial charge in [0, 0.05) is 51.5 Å². The van der Waals surface area contributed by atoms with Gasteiger partial charge in [-0.05, 0) is 68.8 Å². The van der Waals surface area contributed by atoms with Crippen LogP contribution in [0.1, 0.15) is 50.5 Å². The summed E-state index contributed by atoms with van der Waals surface area (Å²) in [5, 5.41) is 13.8. The van der Waals surface area contributed by atoms with Gasteiger partial charge in [0.25, 0.3) is 0 Å². The van der Waals surface area contributed by atoms with Crippen molar-refractivity contribution >= 4 is 29.4 Å². The lowest BCUT2D eigenvalue weighted by Crippen LogP contribution is -2.61. The zero-order valence-electron chi connectivity index (χ0n) is 21.8. The molecule has 3 heterocycles. The van der Waals surface area contributed by atoms with Gasteiger partial charge in [0.05, 0.1) is 22.1 Å². The summed E-state index contributed by atoms with van der Waals surface area (Å²) in [6, 6.07) is 0.706. The summed E-state index contributed by atoms with van der Waals surface area (Å²) in [5.74, 6) is 1.39. The van der Waals surface area contributed by atoms with Crippen LogP contribution in [0.2, 0.25) is 5.02 Å². The van der Waals surface area contributed by atoms with Crippen LogP contribution < -0.4 is 10.2 Å². The number of aromatic nitrogens is 1. The molecule has 214 valence electrons. The summed E-state index contributed by atoms with van der Waals surface area (Å²) in [5.41, 5.74) is -1.26. The summed E-state index contributed by atoms with van der Waals surface area (Å²) >= 11 is 6.11. The molecule has 1 aromatic rings. The molecule has 12 heteroatoms. The van der Waals surface area contributed by atoms with Gasteiger partial charge in [-0.25, -0.2) is 9.78 Å². The number of carbonyl (C=O) groups is 2. The average molecular weight is 570 g/mol. The van der Waals surface area contributed by atoms with Gasteiger partial charge in [-0.3, -0.25) is 4.79 Å². The summed E-state index contributed by atoms with van der Waals surface area (Å²) in [6.45, 7) is 2.72. The molecule has 0 spiro atoms. The Morgan fingerprint density at radius 1 is 1.05 bits per heavy atom. The molecule has 2 aliphatic heterocycles. The minimum absolute atomic E-state index is 0.0623. The Balaban J connectivity index is 1.03. The van der Waals surface area contributed by atoms with Crippen LogP contribution in [0.4, 0.5) is 23.8 Å². The molecule has 0 aromatic carbocycles. The fourth-order valence-electron chi connectivity index (χ4n) is 8.01. The molecule has 2 unspecified atom stereocenters. The third-order valence-electron chi connectivity index (χ3n) is 9.73. The first-order chi connectivity index (χ1) is 18.5. The summed E-state index contributed by atoms with van der Waals surface area (Å²) < 4.78 is 38.8. The number of piperazine rings is 1. The SMILES string of the molecule is O=C(N1CCN(c2ncc(C(F)(F)F)cc2Cl)CC1)N1CCC[C@H](NC(=O)[C@]23CC4C[C@@H](CC(C2)C4O)C3)C1. The van der Waals surface area contributed by atoms with Crippen LogP contribution in [0.25, 0.3) is 0 Å². The minimum Gasteiger partial charge on any atom is -0.393 e. The van der Waals surface area contributed by atoms with E-state index in [9.17, 15) is 27.9 Å². The molecule has 3 atom stereocenters. The van der Waals surface area contributed by atoms with Crippen molar-refractivity contribution < 1.29 is 27.9 Å². The lowest BCUT2D eigenvalue weighted by atomic mass is 9.48. The number of pyridine rings is 1. The number of nitrogens with one attached hydrogen (secondary N) is 1. The number of nitrogens with zero attached hydrogens (tertiary/aromatic N) is 4. The molecule has 6 aliphatic rings. The van der Waals surface area contributed by atoms with Gasteiger partial charge in [-0.2, -0.15) is 13.2 Å². The second-order valence-corrected chi connectivity index (χ2v) is 12.7. The third-order valence-corrected chi connectivity index (χ3v) is 10.0. The van der Waals surface area contributed by atoms with Crippen molar-refractivity contribution in [2.75, 3.05) is 44.2 Å². The first-order valence-electron chi connectivity index (χ1n) is 14.0. The molecule has 4 bridgehead atoms. The van der Waals surface area contributed by atoms with E-state index >= 15 is 0 Å². The third kappa shape index (κ3) is 5.05. The van der Waals surface area contributed by atoms with Gasteiger partial charge in [-0.15, -0.1) is 0 Å². The molecule has 1 aromatic heterocycles. The van der Waals surface area contributed by atoms with Crippen LogP contribution in [-0.2, 0) is 11.0 Å². The van der Waals surface area contributed by atoms with Crippen LogP contribution in [0, 0.1) is 23.2 Å². The number of amides is 3. The Morgan fingerprint density at radius 3 is 2.38 bits per heavy atom. The van der Waals surface area contributed by atoms with Crippen molar-refractivity contribution in [2.24, 2.45) is 23.2 Å². The van der Waals surface area contributed by atoms with Crippen LogP contribution >= 0.6 is 11.6 Å². The zero-order valence-corrected chi connectivity index (χ0v) is 22.6. The number of likely N-dealkylation sites (tertiary alicyclic amines) is 1. The molecule has 39 heavy (non-hydrogen) atoms. The van der Waals surface area contributed by atoms with Crippen molar-refractivity contribution in [3.63, 3.8) is 0 Å². The highest BCUT2D eigenvalue weighted by Gasteiger charge is 2.58. The highest BCUT2D eigenvalue weighted by molar-refractivity contribution is 6.33. The number of alkyl halides is 3. The number of anilines is 1. The number of rotatable bonds is 3. The van der Waals surface area contributed by atoms with Crippen LogP contribution in [-0.4, -0.2) is 83.2 Å². The quantitative estimate of drug-likeness (QED) is 0.579. The van der Waals surface area contributed by atoms with Crippen LogP contribution in [0.15, 0.2) is 12.3 Å². The number of hydrogen-bond donors (Lipinski definition) is 2. The topological polar surface area (TPSA) is 89.0 Å². The lowest BCUT2D eigenvalue weighted by molar-refractivity contribution is -0.164. The van der Waals surface area contributed by atoms with Gasteiger partial charge < -0.3 is 25.1 Å². The number of aliphatic hydroxyl groups is 1. The molecular formula is C27H35ClF3N5O3. The maximum absolute atomic E-state index is 13.5. The summed E-state index contributed by atoms with van der Waals surface area (Å²) in [4.78, 5) is 36.2. The summed E-state index contributed by atoms with van der Waals surface area (Å²) in [6.07, 6.45) is 2.16. The number of carbonyl (C=O) groups excluding carboxylic acids is 2. The van der Waals surface area contributed by atoms with E-state index in [1.54, 1.807) is 14.7 Å². The maximum Gasteiger partial charge on any atom is 0.417 e. The number of hydrogen-bond acceptors (Lipinski definition) is 5. The number of urea groups is 1. The van der Waals surface area contributed by atoms with E-state index in [0.717, 1.165) is 57.2 Å². The molecular weight excluding hydrogens is 535 g/mol. The van der Waals surface area contributed by atoms with E-state index in [4.69, 9.17) is 11.6 Å². The number of piperidine rings is 1. The van der Waals surface area contributed by atoms with E-state index in [2.05, 4.69) is 10.3 Å². The Hall–Kier alpha value is -2.27. The van der Waals surface area contributed by atoms with Gasteiger partial charge in [-0.1, -0.05) is 11.6 Å². The average Bonchev–Trinajstić information content (AvgIpc) is 2.90. The van der Waals surface area contributed by atoms with Gasteiger partial charge in [0.1, 0.15) is 5.82 Å². The number of aliphatic hydroxyl groups excluding tert-OH is 1. The molecule has 3 amide bonds. The van der Waals surface area contributed by atoms with Gasteiger partial charge in [0.15, 0.2) is 0 Å². The molecule has 2 saturated heterocycles. The molecule has 8 nitrogen and oxygen atoms in total. The van der Waals surface area contributed by atoms with Crippen molar-refractivity contribution in [2.45, 2.75) is 63.3 Å². The minimum atomic E-state index is -4.51. The van der Waals surface area contributed by atoms with Crippen molar-refractivity contribution in [3.05, 3.63) is 22.8 Å². The standard InChI is InChI=1S/C27H35ClF3N5O3/c28-21-10-19(27(29,30)31)14-32-23(21)34-4-6-35(7-5-34)25(39)36-3-1-2-20(15-36)33-24(38)26-11-16-8-17(12-26)22(37)18(9-16)13-26/h10,14,16-18,20,22,37H,1-9,11-13,15H2,(H,33,38)/t16-,17?,18?,20-,22?,26+/m0/s1. The number of halogens is 4. The molecule has 7 rings (SSSR count). The largest absolute Gasteiger partial charge is 0.417 e. The Kier molecular flexibility index (Phi) is 6.89. The molecule has 0 radical (unpaired) electrons. The molecule has 4 aliphatic carbocycles. The first-order valence-corrected chi connectivity index (χ1v) is 14.4. The van der Waals surface area contributed by atoms with Gasteiger partial charge in [0.2, 0.25) is 5.91 Å².